The predicted molar refractivity (Wildman–Crippen MR) is 87.4 cm³/mol. The summed E-state index contributed by atoms with van der Waals surface area (Å²) in [5, 5.41) is 24.2. The number of carbonyl (C=O) groups is 1. The van der Waals surface area contributed by atoms with E-state index in [1.165, 1.54) is 12.1 Å². The summed E-state index contributed by atoms with van der Waals surface area (Å²) in [5.41, 5.74) is -0.0276. The third-order valence-corrected chi connectivity index (χ3v) is 3.61. The minimum Gasteiger partial charge on any atom is -0.384 e. The Labute approximate surface area is 139 Å². The van der Waals surface area contributed by atoms with Crippen molar-refractivity contribution in [2.45, 2.75) is 19.1 Å². The van der Waals surface area contributed by atoms with Gasteiger partial charge in [-0.15, -0.1) is 0 Å². The Morgan fingerprint density at radius 1 is 1.25 bits per heavy atom. The van der Waals surface area contributed by atoms with E-state index in [0.717, 1.165) is 6.07 Å². The summed E-state index contributed by atoms with van der Waals surface area (Å²) in [6.45, 7) is 1.60. The van der Waals surface area contributed by atoms with E-state index in [0.29, 0.717) is 5.56 Å². The number of nitrogens with zero attached hydrogens (tertiary/aromatic N) is 1. The quantitative estimate of drug-likeness (QED) is 0.788. The number of halogens is 1. The third-order valence-electron chi connectivity index (χ3n) is 3.61. The summed E-state index contributed by atoms with van der Waals surface area (Å²) in [4.78, 5) is 11.8. The SMILES string of the molecule is CC(O)(CNC(=O)NCc1ccc(C#N)cc1F)c1ccccc1. The highest BCUT2D eigenvalue weighted by atomic mass is 19.1. The van der Waals surface area contributed by atoms with Gasteiger partial charge in [-0.25, -0.2) is 9.18 Å². The number of nitrogens with one attached hydrogen (secondary N) is 2. The molecule has 0 fully saturated rings. The summed E-state index contributed by atoms with van der Waals surface area (Å²) in [6, 6.07) is 14.4. The van der Waals surface area contributed by atoms with Crippen molar-refractivity contribution in [3.63, 3.8) is 0 Å². The van der Waals surface area contributed by atoms with E-state index in [-0.39, 0.29) is 24.2 Å². The van der Waals surface area contributed by atoms with Crippen LogP contribution in [-0.4, -0.2) is 17.7 Å². The second kappa shape index (κ2) is 7.57. The smallest absolute Gasteiger partial charge is 0.315 e. The predicted octanol–water partition coefficient (Wildman–Crippen LogP) is 2.40. The van der Waals surface area contributed by atoms with Crippen LogP contribution in [0.25, 0.3) is 0 Å². The first-order valence-electron chi connectivity index (χ1n) is 7.40. The summed E-state index contributed by atoms with van der Waals surface area (Å²) in [5.74, 6) is -0.550. The standard InChI is InChI=1S/C18H18FN3O2/c1-18(24,15-5-3-2-4-6-15)12-22-17(23)21-11-14-8-7-13(10-20)9-16(14)19/h2-9,24H,11-12H2,1H3,(H2,21,22,23). The van der Waals surface area contributed by atoms with Crippen LogP contribution < -0.4 is 10.6 Å². The summed E-state index contributed by atoms with van der Waals surface area (Å²) < 4.78 is 13.7. The molecule has 5 nitrogen and oxygen atoms in total. The fourth-order valence-corrected chi connectivity index (χ4v) is 2.15. The molecule has 0 aliphatic heterocycles. The number of amides is 2. The lowest BCUT2D eigenvalue weighted by Gasteiger charge is -2.24. The molecule has 2 aromatic rings. The molecule has 0 radical (unpaired) electrons. The van der Waals surface area contributed by atoms with Crippen molar-refractivity contribution in [3.8, 4) is 6.07 Å². The van der Waals surface area contributed by atoms with Crippen molar-refractivity contribution in [2.24, 2.45) is 0 Å². The van der Waals surface area contributed by atoms with Gasteiger partial charge in [0.2, 0.25) is 0 Å². The zero-order valence-corrected chi connectivity index (χ0v) is 13.2. The molecule has 0 aliphatic carbocycles. The van der Waals surface area contributed by atoms with Gasteiger partial charge in [-0.3, -0.25) is 0 Å². The normalized spacial score (nSPS) is 12.8. The van der Waals surface area contributed by atoms with Crippen LogP contribution in [0.2, 0.25) is 0 Å². The molecular weight excluding hydrogens is 309 g/mol. The molecule has 3 N–H and O–H groups in total. The molecule has 2 aromatic carbocycles. The van der Waals surface area contributed by atoms with Crippen LogP contribution in [0.4, 0.5) is 9.18 Å². The number of urea groups is 1. The maximum Gasteiger partial charge on any atom is 0.315 e. The summed E-state index contributed by atoms with van der Waals surface area (Å²) >= 11 is 0. The topological polar surface area (TPSA) is 85.2 Å². The van der Waals surface area contributed by atoms with Gasteiger partial charge in [-0.1, -0.05) is 36.4 Å². The van der Waals surface area contributed by atoms with Crippen LogP contribution in [-0.2, 0) is 12.1 Å². The van der Waals surface area contributed by atoms with Crippen molar-refractivity contribution in [1.82, 2.24) is 10.6 Å². The number of aliphatic hydroxyl groups is 1. The van der Waals surface area contributed by atoms with Crippen molar-refractivity contribution in [2.75, 3.05) is 6.54 Å². The molecule has 2 amide bonds. The largest absolute Gasteiger partial charge is 0.384 e. The Morgan fingerprint density at radius 3 is 2.58 bits per heavy atom. The maximum absolute atomic E-state index is 13.7. The monoisotopic (exact) mass is 327 g/mol. The molecule has 0 saturated heterocycles. The summed E-state index contributed by atoms with van der Waals surface area (Å²) in [7, 11) is 0. The number of hydrogen-bond donors (Lipinski definition) is 3. The van der Waals surface area contributed by atoms with Crippen LogP contribution in [0, 0.1) is 17.1 Å². The molecular formula is C18H18FN3O2. The van der Waals surface area contributed by atoms with Crippen LogP contribution in [0.15, 0.2) is 48.5 Å². The van der Waals surface area contributed by atoms with Gasteiger partial charge in [0, 0.05) is 12.1 Å². The molecule has 2 rings (SSSR count). The summed E-state index contributed by atoms with van der Waals surface area (Å²) in [6.07, 6.45) is 0. The molecule has 6 heteroatoms. The first-order chi connectivity index (χ1) is 11.4. The van der Waals surface area contributed by atoms with Gasteiger partial charge in [0.15, 0.2) is 0 Å². The second-order valence-electron chi connectivity index (χ2n) is 5.59. The number of carbonyl (C=O) groups excluding carboxylic acids is 1. The van der Waals surface area contributed by atoms with Crippen molar-refractivity contribution < 1.29 is 14.3 Å². The van der Waals surface area contributed by atoms with E-state index < -0.39 is 17.4 Å². The number of rotatable bonds is 5. The van der Waals surface area contributed by atoms with Crippen molar-refractivity contribution in [3.05, 3.63) is 71.0 Å². The average Bonchev–Trinajstić information content (AvgIpc) is 2.59. The Bertz CT molecular complexity index is 755. The third kappa shape index (κ3) is 4.54. The zero-order valence-electron chi connectivity index (χ0n) is 13.2. The minimum absolute atomic E-state index is 0.0126. The van der Waals surface area contributed by atoms with Crippen LogP contribution in [0.3, 0.4) is 0 Å². The molecule has 0 heterocycles. The van der Waals surface area contributed by atoms with Gasteiger partial charge in [0.05, 0.1) is 18.2 Å². The lowest BCUT2D eigenvalue weighted by Crippen LogP contribution is -2.43. The Hall–Kier alpha value is -2.91. The first-order valence-corrected chi connectivity index (χ1v) is 7.40. The van der Waals surface area contributed by atoms with E-state index in [9.17, 15) is 14.3 Å². The molecule has 0 spiro atoms. The second-order valence-corrected chi connectivity index (χ2v) is 5.59. The Kier molecular flexibility index (Phi) is 5.51. The Morgan fingerprint density at radius 2 is 1.96 bits per heavy atom. The lowest BCUT2D eigenvalue weighted by molar-refractivity contribution is 0.0594. The average molecular weight is 327 g/mol. The van der Waals surface area contributed by atoms with Crippen molar-refractivity contribution >= 4 is 6.03 Å². The highest BCUT2D eigenvalue weighted by Crippen LogP contribution is 2.18. The van der Waals surface area contributed by atoms with Gasteiger partial charge in [-0.05, 0) is 24.6 Å². The van der Waals surface area contributed by atoms with Gasteiger partial charge < -0.3 is 15.7 Å². The highest BCUT2D eigenvalue weighted by Gasteiger charge is 2.23. The lowest BCUT2D eigenvalue weighted by atomic mass is 9.96. The van der Waals surface area contributed by atoms with E-state index in [4.69, 9.17) is 5.26 Å². The molecule has 0 bridgehead atoms. The number of benzene rings is 2. The maximum atomic E-state index is 13.7. The molecule has 0 aromatic heterocycles. The fraction of sp³-hybridized carbons (Fsp3) is 0.222. The fourth-order valence-electron chi connectivity index (χ4n) is 2.15. The minimum atomic E-state index is -1.21. The van der Waals surface area contributed by atoms with Crippen LogP contribution in [0.5, 0.6) is 0 Å². The molecule has 24 heavy (non-hydrogen) atoms. The van der Waals surface area contributed by atoms with Gasteiger partial charge >= 0.3 is 6.03 Å². The van der Waals surface area contributed by atoms with Crippen LogP contribution >= 0.6 is 0 Å². The Balaban J connectivity index is 1.87. The van der Waals surface area contributed by atoms with E-state index in [1.807, 2.05) is 12.1 Å². The number of hydrogen-bond acceptors (Lipinski definition) is 3. The molecule has 1 atom stereocenters. The van der Waals surface area contributed by atoms with E-state index >= 15 is 0 Å². The highest BCUT2D eigenvalue weighted by molar-refractivity contribution is 5.73. The molecule has 124 valence electrons. The van der Waals surface area contributed by atoms with E-state index in [2.05, 4.69) is 10.6 Å². The van der Waals surface area contributed by atoms with Crippen LogP contribution in [0.1, 0.15) is 23.6 Å². The first kappa shape index (κ1) is 17.4. The molecule has 0 aliphatic rings. The van der Waals surface area contributed by atoms with E-state index in [1.54, 1.807) is 31.2 Å². The molecule has 0 saturated carbocycles. The van der Waals surface area contributed by atoms with Gasteiger partial charge in [0.25, 0.3) is 0 Å². The van der Waals surface area contributed by atoms with Gasteiger partial charge in [0.1, 0.15) is 11.4 Å². The molecule has 1 unspecified atom stereocenters. The zero-order chi connectivity index (χ0) is 17.6. The van der Waals surface area contributed by atoms with Gasteiger partial charge in [-0.2, -0.15) is 5.26 Å². The number of nitriles is 1. The van der Waals surface area contributed by atoms with Crippen molar-refractivity contribution in [1.29, 1.82) is 5.26 Å².